The molecule has 0 heterocycles. The number of rotatable bonds is 3. The van der Waals surface area contributed by atoms with Crippen molar-refractivity contribution in [2.75, 3.05) is 0 Å². The summed E-state index contributed by atoms with van der Waals surface area (Å²) in [6.45, 7) is 1.86. The first-order valence-electron chi connectivity index (χ1n) is 5.65. The normalized spacial score (nSPS) is 12.3. The fraction of sp³-hybridized carbons (Fsp3) is 0.143. The quantitative estimate of drug-likeness (QED) is 0.845. The standard InChI is InChI=1S/C14H12BrClFNO/c1-8(18)9-2-4-13(11(16)6-9)19-14-5-3-10(15)7-12(14)17/h2-8H,18H2,1H3/t8-/m0/s1. The summed E-state index contributed by atoms with van der Waals surface area (Å²) in [6.07, 6.45) is 0. The van der Waals surface area contributed by atoms with Gasteiger partial charge < -0.3 is 10.5 Å². The molecule has 2 aromatic rings. The molecule has 0 aromatic heterocycles. The Labute approximate surface area is 124 Å². The molecular weight excluding hydrogens is 333 g/mol. The van der Waals surface area contributed by atoms with E-state index in [4.69, 9.17) is 22.1 Å². The van der Waals surface area contributed by atoms with Gasteiger partial charge in [-0.2, -0.15) is 0 Å². The molecule has 0 amide bonds. The van der Waals surface area contributed by atoms with Crippen LogP contribution >= 0.6 is 27.5 Å². The molecule has 100 valence electrons. The van der Waals surface area contributed by atoms with Crippen LogP contribution < -0.4 is 10.5 Å². The van der Waals surface area contributed by atoms with Gasteiger partial charge in [0.25, 0.3) is 0 Å². The first-order chi connectivity index (χ1) is 8.97. The van der Waals surface area contributed by atoms with E-state index in [0.29, 0.717) is 15.2 Å². The van der Waals surface area contributed by atoms with Gasteiger partial charge in [0.2, 0.25) is 0 Å². The fourth-order valence-corrected chi connectivity index (χ4v) is 2.12. The summed E-state index contributed by atoms with van der Waals surface area (Å²) in [5.41, 5.74) is 6.66. The van der Waals surface area contributed by atoms with Crippen molar-refractivity contribution >= 4 is 27.5 Å². The van der Waals surface area contributed by atoms with Crippen LogP contribution in [0.15, 0.2) is 40.9 Å². The zero-order valence-corrected chi connectivity index (χ0v) is 12.5. The van der Waals surface area contributed by atoms with Crippen molar-refractivity contribution < 1.29 is 9.13 Å². The molecule has 2 N–H and O–H groups in total. The van der Waals surface area contributed by atoms with E-state index >= 15 is 0 Å². The third-order valence-electron chi connectivity index (χ3n) is 2.60. The molecule has 2 nitrogen and oxygen atoms in total. The summed E-state index contributed by atoms with van der Waals surface area (Å²) in [5.74, 6) is 0.0626. The van der Waals surface area contributed by atoms with Gasteiger partial charge in [-0.1, -0.05) is 33.6 Å². The molecule has 1 atom stereocenters. The van der Waals surface area contributed by atoms with E-state index in [1.54, 1.807) is 18.2 Å². The number of nitrogens with two attached hydrogens (primary N) is 1. The van der Waals surface area contributed by atoms with E-state index in [0.717, 1.165) is 5.56 Å². The highest BCUT2D eigenvalue weighted by atomic mass is 79.9. The topological polar surface area (TPSA) is 35.2 Å². The zero-order chi connectivity index (χ0) is 14.0. The maximum Gasteiger partial charge on any atom is 0.166 e. The van der Waals surface area contributed by atoms with Crippen molar-refractivity contribution in [3.63, 3.8) is 0 Å². The Balaban J connectivity index is 2.28. The maximum absolute atomic E-state index is 13.7. The van der Waals surface area contributed by atoms with E-state index in [-0.39, 0.29) is 11.8 Å². The number of ether oxygens (including phenoxy) is 1. The summed E-state index contributed by atoms with van der Waals surface area (Å²) in [5, 5.41) is 0.400. The molecular formula is C14H12BrClFNO. The van der Waals surface area contributed by atoms with E-state index in [9.17, 15) is 4.39 Å². The second kappa shape index (κ2) is 5.90. The SMILES string of the molecule is C[C@H](N)c1ccc(Oc2ccc(Br)cc2F)c(Cl)c1. The lowest BCUT2D eigenvalue weighted by molar-refractivity contribution is 0.442. The van der Waals surface area contributed by atoms with Crippen molar-refractivity contribution in [3.05, 3.63) is 57.3 Å². The second-order valence-electron chi connectivity index (χ2n) is 4.16. The highest BCUT2D eigenvalue weighted by Gasteiger charge is 2.10. The molecule has 0 bridgehead atoms. The lowest BCUT2D eigenvalue weighted by Gasteiger charge is -2.11. The Morgan fingerprint density at radius 1 is 1.21 bits per heavy atom. The van der Waals surface area contributed by atoms with Crippen LogP contribution in [0.5, 0.6) is 11.5 Å². The van der Waals surface area contributed by atoms with Crippen LogP contribution in [0.1, 0.15) is 18.5 Å². The monoisotopic (exact) mass is 343 g/mol. The Bertz CT molecular complexity index is 604. The van der Waals surface area contributed by atoms with Crippen LogP contribution in [0, 0.1) is 5.82 Å². The van der Waals surface area contributed by atoms with Gasteiger partial charge in [0.05, 0.1) is 5.02 Å². The van der Waals surface area contributed by atoms with Gasteiger partial charge in [-0.25, -0.2) is 4.39 Å². The van der Waals surface area contributed by atoms with Crippen molar-refractivity contribution in [2.45, 2.75) is 13.0 Å². The Hall–Kier alpha value is -1.10. The minimum Gasteiger partial charge on any atom is -0.453 e. The molecule has 0 saturated heterocycles. The zero-order valence-electron chi connectivity index (χ0n) is 10.2. The van der Waals surface area contributed by atoms with Crippen LogP contribution in [-0.2, 0) is 0 Å². The maximum atomic E-state index is 13.7. The van der Waals surface area contributed by atoms with Gasteiger partial charge in [-0.05, 0) is 42.8 Å². The van der Waals surface area contributed by atoms with Crippen molar-refractivity contribution in [1.82, 2.24) is 0 Å². The van der Waals surface area contributed by atoms with E-state index < -0.39 is 5.82 Å². The molecule has 5 heteroatoms. The smallest absolute Gasteiger partial charge is 0.166 e. The van der Waals surface area contributed by atoms with Gasteiger partial charge >= 0.3 is 0 Å². The molecule has 0 aliphatic rings. The molecule has 0 aliphatic carbocycles. The Morgan fingerprint density at radius 3 is 2.47 bits per heavy atom. The van der Waals surface area contributed by atoms with Gasteiger partial charge in [-0.15, -0.1) is 0 Å². The predicted molar refractivity (Wildman–Crippen MR) is 78.2 cm³/mol. The summed E-state index contributed by atoms with van der Waals surface area (Å²) >= 11 is 9.28. The fourth-order valence-electron chi connectivity index (χ4n) is 1.56. The van der Waals surface area contributed by atoms with E-state index in [1.165, 1.54) is 12.1 Å². The van der Waals surface area contributed by atoms with Crippen LogP contribution in [-0.4, -0.2) is 0 Å². The van der Waals surface area contributed by atoms with Crippen molar-refractivity contribution in [3.8, 4) is 11.5 Å². The van der Waals surface area contributed by atoms with Crippen molar-refractivity contribution in [1.29, 1.82) is 0 Å². The summed E-state index contributed by atoms with van der Waals surface area (Å²) in [6, 6.07) is 9.66. The second-order valence-corrected chi connectivity index (χ2v) is 5.48. The molecule has 0 radical (unpaired) electrons. The molecule has 0 aliphatic heterocycles. The minimum atomic E-state index is -0.457. The highest BCUT2D eigenvalue weighted by Crippen LogP contribution is 2.33. The lowest BCUT2D eigenvalue weighted by Crippen LogP contribution is -2.04. The molecule has 0 unspecified atom stereocenters. The number of hydrogen-bond donors (Lipinski definition) is 1. The Morgan fingerprint density at radius 2 is 1.89 bits per heavy atom. The highest BCUT2D eigenvalue weighted by molar-refractivity contribution is 9.10. The van der Waals surface area contributed by atoms with Crippen LogP contribution in [0.4, 0.5) is 4.39 Å². The number of halogens is 3. The third-order valence-corrected chi connectivity index (χ3v) is 3.38. The average molecular weight is 345 g/mol. The van der Waals surface area contributed by atoms with Gasteiger partial charge in [0.1, 0.15) is 5.75 Å². The van der Waals surface area contributed by atoms with Crippen LogP contribution in [0.2, 0.25) is 5.02 Å². The Kier molecular flexibility index (Phi) is 4.45. The van der Waals surface area contributed by atoms with Gasteiger partial charge in [0.15, 0.2) is 11.6 Å². The molecule has 2 aromatic carbocycles. The van der Waals surface area contributed by atoms with Gasteiger partial charge in [-0.3, -0.25) is 0 Å². The first kappa shape index (κ1) is 14.3. The first-order valence-corrected chi connectivity index (χ1v) is 6.82. The van der Waals surface area contributed by atoms with E-state index in [1.807, 2.05) is 13.0 Å². The molecule has 0 fully saturated rings. The number of hydrogen-bond acceptors (Lipinski definition) is 2. The molecule has 2 rings (SSSR count). The molecule has 0 saturated carbocycles. The summed E-state index contributed by atoms with van der Waals surface area (Å²) in [7, 11) is 0. The third kappa shape index (κ3) is 3.47. The molecule has 0 spiro atoms. The van der Waals surface area contributed by atoms with Crippen LogP contribution in [0.3, 0.4) is 0 Å². The minimum absolute atomic E-state index is 0.115. The van der Waals surface area contributed by atoms with Gasteiger partial charge in [0, 0.05) is 10.5 Å². The lowest BCUT2D eigenvalue weighted by atomic mass is 10.1. The largest absolute Gasteiger partial charge is 0.453 e. The van der Waals surface area contributed by atoms with Crippen molar-refractivity contribution in [2.24, 2.45) is 5.73 Å². The summed E-state index contributed by atoms with van der Waals surface area (Å²) < 4.78 is 19.8. The van der Waals surface area contributed by atoms with E-state index in [2.05, 4.69) is 15.9 Å². The van der Waals surface area contributed by atoms with Crippen LogP contribution in [0.25, 0.3) is 0 Å². The number of benzene rings is 2. The summed E-state index contributed by atoms with van der Waals surface area (Å²) in [4.78, 5) is 0. The predicted octanol–water partition coefficient (Wildman–Crippen LogP) is 5.05. The molecule has 19 heavy (non-hydrogen) atoms. The average Bonchev–Trinajstić information content (AvgIpc) is 2.34.